The summed E-state index contributed by atoms with van der Waals surface area (Å²) < 4.78 is 0. The number of carbonyl (C=O) groups is 2. The van der Waals surface area contributed by atoms with Gasteiger partial charge in [-0.25, -0.2) is 0 Å². The smallest absolute Gasteiger partial charge is 0.245 e. The Hall–Kier alpha value is -1.99. The topological polar surface area (TPSA) is 93.0 Å². The van der Waals surface area contributed by atoms with Crippen LogP contribution in [-0.2, 0) is 23.2 Å². The van der Waals surface area contributed by atoms with Crippen molar-refractivity contribution in [3.8, 4) is 0 Å². The lowest BCUT2D eigenvalue weighted by Crippen LogP contribution is -2.45. The molecule has 2 heterocycles. The maximum atomic E-state index is 12.4. The van der Waals surface area contributed by atoms with E-state index in [1.807, 2.05) is 0 Å². The molecule has 0 aromatic carbocycles. The van der Waals surface area contributed by atoms with Crippen LogP contribution in [-0.4, -0.2) is 49.5 Å². The monoisotopic (exact) mass is 264 g/mol. The van der Waals surface area contributed by atoms with Crippen LogP contribution in [0.25, 0.3) is 0 Å². The van der Waals surface area contributed by atoms with Crippen LogP contribution in [0.1, 0.15) is 25.1 Å². The van der Waals surface area contributed by atoms with Crippen LogP contribution in [0.5, 0.6) is 0 Å². The lowest BCUT2D eigenvalue weighted by atomic mass is 10.1. The van der Waals surface area contributed by atoms with E-state index in [0.29, 0.717) is 31.3 Å². The van der Waals surface area contributed by atoms with Crippen molar-refractivity contribution in [3.63, 3.8) is 0 Å². The molecule has 19 heavy (non-hydrogen) atoms. The van der Waals surface area contributed by atoms with Gasteiger partial charge in [0.25, 0.3) is 0 Å². The highest BCUT2D eigenvalue weighted by Gasteiger charge is 2.41. The van der Waals surface area contributed by atoms with E-state index in [0.717, 1.165) is 12.8 Å². The van der Waals surface area contributed by atoms with E-state index in [9.17, 15) is 9.59 Å². The van der Waals surface area contributed by atoms with Gasteiger partial charge >= 0.3 is 0 Å². The average Bonchev–Trinajstić information content (AvgIpc) is 3.14. The van der Waals surface area contributed by atoms with E-state index >= 15 is 0 Å². The van der Waals surface area contributed by atoms with Gasteiger partial charge in [-0.1, -0.05) is 0 Å². The van der Waals surface area contributed by atoms with Gasteiger partial charge in [0.2, 0.25) is 11.8 Å². The molecule has 1 unspecified atom stereocenters. The summed E-state index contributed by atoms with van der Waals surface area (Å²) in [6, 6.07) is -0.369. The molecule has 1 atom stereocenters. The maximum Gasteiger partial charge on any atom is 0.245 e. The van der Waals surface area contributed by atoms with E-state index in [-0.39, 0.29) is 17.9 Å². The Bertz CT molecular complexity index is 509. The second-order valence-electron chi connectivity index (χ2n) is 5.09. The van der Waals surface area contributed by atoms with Crippen molar-refractivity contribution < 1.29 is 9.59 Å². The first-order chi connectivity index (χ1) is 9.13. The molecule has 1 aliphatic heterocycles. The SMILES string of the molecule is Cn1nnc(CN2CCC(=O)NC(C3CC3)C2=O)n1. The maximum absolute atomic E-state index is 12.4. The number of hydrogen-bond donors (Lipinski definition) is 1. The average molecular weight is 264 g/mol. The minimum Gasteiger partial charge on any atom is -0.344 e. The summed E-state index contributed by atoms with van der Waals surface area (Å²) in [5, 5.41) is 14.5. The van der Waals surface area contributed by atoms with Crippen molar-refractivity contribution in [2.75, 3.05) is 6.54 Å². The normalized spacial score (nSPS) is 24.3. The van der Waals surface area contributed by atoms with E-state index in [4.69, 9.17) is 0 Å². The Balaban J connectivity index is 1.75. The molecule has 1 saturated heterocycles. The lowest BCUT2D eigenvalue weighted by molar-refractivity contribution is -0.134. The van der Waals surface area contributed by atoms with Crippen molar-refractivity contribution in [2.24, 2.45) is 13.0 Å². The van der Waals surface area contributed by atoms with E-state index in [1.165, 1.54) is 4.80 Å². The van der Waals surface area contributed by atoms with Gasteiger partial charge in [0.1, 0.15) is 6.04 Å². The van der Waals surface area contributed by atoms with E-state index in [2.05, 4.69) is 20.7 Å². The fraction of sp³-hybridized carbons (Fsp3) is 0.727. The number of hydrogen-bond acceptors (Lipinski definition) is 5. The number of amides is 2. The third-order valence-corrected chi connectivity index (χ3v) is 3.48. The number of aryl methyl sites for hydroxylation is 1. The molecule has 8 heteroatoms. The number of rotatable bonds is 3. The van der Waals surface area contributed by atoms with Crippen molar-refractivity contribution in [1.82, 2.24) is 30.4 Å². The summed E-state index contributed by atoms with van der Waals surface area (Å²) in [5.74, 6) is 0.715. The number of nitrogens with zero attached hydrogens (tertiary/aromatic N) is 5. The van der Waals surface area contributed by atoms with Gasteiger partial charge in [-0.05, 0) is 24.0 Å². The predicted molar refractivity (Wildman–Crippen MR) is 63.5 cm³/mol. The molecule has 0 bridgehead atoms. The van der Waals surface area contributed by atoms with Crippen LogP contribution in [0.2, 0.25) is 0 Å². The zero-order valence-electron chi connectivity index (χ0n) is 10.7. The molecule has 1 N–H and O–H groups in total. The highest BCUT2D eigenvalue weighted by atomic mass is 16.2. The van der Waals surface area contributed by atoms with Crippen molar-refractivity contribution >= 4 is 11.8 Å². The molecular weight excluding hydrogens is 248 g/mol. The molecule has 3 rings (SSSR count). The van der Waals surface area contributed by atoms with Crippen LogP contribution in [0.15, 0.2) is 0 Å². The van der Waals surface area contributed by atoms with Crippen LogP contribution >= 0.6 is 0 Å². The first-order valence-electron chi connectivity index (χ1n) is 6.44. The highest BCUT2D eigenvalue weighted by Crippen LogP contribution is 2.34. The molecule has 1 aromatic heterocycles. The minimum absolute atomic E-state index is 0.0270. The second kappa shape index (κ2) is 4.60. The molecular formula is C11H16N6O2. The summed E-state index contributed by atoms with van der Waals surface area (Å²) in [6.07, 6.45) is 2.34. The lowest BCUT2D eigenvalue weighted by Gasteiger charge is -2.22. The Morgan fingerprint density at radius 2 is 2.16 bits per heavy atom. The molecule has 1 aromatic rings. The Kier molecular flexibility index (Phi) is 2.92. The molecule has 102 valence electrons. The third-order valence-electron chi connectivity index (χ3n) is 3.48. The van der Waals surface area contributed by atoms with Gasteiger partial charge in [0, 0.05) is 13.0 Å². The zero-order valence-corrected chi connectivity index (χ0v) is 10.7. The van der Waals surface area contributed by atoms with Crippen LogP contribution in [0.4, 0.5) is 0 Å². The van der Waals surface area contributed by atoms with Gasteiger partial charge in [-0.15, -0.1) is 10.2 Å². The molecule has 2 amide bonds. The standard InChI is InChI=1S/C11H16N6O2/c1-16-14-8(13-15-16)6-17-5-4-9(18)12-10(11(17)19)7-2-3-7/h7,10H,2-6H2,1H3,(H,12,18). The third kappa shape index (κ3) is 2.56. The summed E-state index contributed by atoms with van der Waals surface area (Å²) in [6.45, 7) is 0.719. The van der Waals surface area contributed by atoms with Gasteiger partial charge in [0.05, 0.1) is 13.6 Å². The fourth-order valence-corrected chi connectivity index (χ4v) is 2.31. The van der Waals surface area contributed by atoms with E-state index < -0.39 is 0 Å². The number of tetrazole rings is 1. The van der Waals surface area contributed by atoms with Crippen LogP contribution < -0.4 is 5.32 Å². The molecule has 1 aliphatic carbocycles. The first-order valence-corrected chi connectivity index (χ1v) is 6.44. The summed E-state index contributed by atoms with van der Waals surface area (Å²) in [5.41, 5.74) is 0. The van der Waals surface area contributed by atoms with Gasteiger partial charge in [-0.3, -0.25) is 9.59 Å². The zero-order chi connectivity index (χ0) is 13.4. The summed E-state index contributed by atoms with van der Waals surface area (Å²) in [7, 11) is 1.68. The largest absolute Gasteiger partial charge is 0.344 e. The molecule has 2 aliphatic rings. The number of nitrogens with one attached hydrogen (secondary N) is 1. The van der Waals surface area contributed by atoms with Crippen LogP contribution in [0.3, 0.4) is 0 Å². The van der Waals surface area contributed by atoms with Gasteiger partial charge < -0.3 is 10.2 Å². The molecule has 0 radical (unpaired) electrons. The summed E-state index contributed by atoms with van der Waals surface area (Å²) >= 11 is 0. The molecule has 2 fully saturated rings. The Morgan fingerprint density at radius 3 is 2.79 bits per heavy atom. The number of carbonyl (C=O) groups excluding carboxylic acids is 2. The van der Waals surface area contributed by atoms with Crippen LogP contribution in [0, 0.1) is 5.92 Å². The molecule has 1 saturated carbocycles. The molecule has 8 nitrogen and oxygen atoms in total. The fourth-order valence-electron chi connectivity index (χ4n) is 2.31. The number of aromatic nitrogens is 4. The highest BCUT2D eigenvalue weighted by molar-refractivity contribution is 5.90. The van der Waals surface area contributed by atoms with E-state index in [1.54, 1.807) is 11.9 Å². The quantitative estimate of drug-likeness (QED) is 0.743. The predicted octanol–water partition coefficient (Wildman–Crippen LogP) is -1.16. The second-order valence-corrected chi connectivity index (χ2v) is 5.09. The van der Waals surface area contributed by atoms with Crippen molar-refractivity contribution in [2.45, 2.75) is 31.8 Å². The Labute approximate surface area is 110 Å². The molecule has 0 spiro atoms. The van der Waals surface area contributed by atoms with Gasteiger partial charge in [-0.2, -0.15) is 4.80 Å². The van der Waals surface area contributed by atoms with Gasteiger partial charge in [0.15, 0.2) is 5.82 Å². The van der Waals surface area contributed by atoms with Crippen molar-refractivity contribution in [1.29, 1.82) is 0 Å². The minimum atomic E-state index is -0.369. The Morgan fingerprint density at radius 1 is 1.37 bits per heavy atom. The first kappa shape index (κ1) is 12.1. The van der Waals surface area contributed by atoms with Crippen molar-refractivity contribution in [3.05, 3.63) is 5.82 Å². The summed E-state index contributed by atoms with van der Waals surface area (Å²) in [4.78, 5) is 27.1.